The molecule has 4 aromatic carbocycles. The van der Waals surface area contributed by atoms with Crippen LogP contribution in [-0.4, -0.2) is 122 Å². The Kier molecular flexibility index (Phi) is 44.6. The molecule has 0 amide bonds. The molecule has 1 fully saturated rings. The zero-order valence-corrected chi connectivity index (χ0v) is 92.8. The number of aryl methyl sites for hydroxylation is 2. The van der Waals surface area contributed by atoms with Crippen LogP contribution in [-0.2, 0) is 84.0 Å². The first-order chi connectivity index (χ1) is 59.7. The highest BCUT2D eigenvalue weighted by Crippen LogP contribution is 2.47. The maximum Gasteiger partial charge on any atom is 0.494 e. The van der Waals surface area contributed by atoms with Crippen LogP contribution >= 0.6 is 211 Å². The van der Waals surface area contributed by atoms with E-state index in [-0.39, 0.29) is 49.4 Å². The molecule has 0 bridgehead atoms. The van der Waals surface area contributed by atoms with Gasteiger partial charge in [0.05, 0.1) is 114 Å². The second-order valence-corrected chi connectivity index (χ2v) is 47.9. The van der Waals surface area contributed by atoms with E-state index in [0.29, 0.717) is 38.5 Å². The zero-order chi connectivity index (χ0) is 94.1. The van der Waals surface area contributed by atoms with E-state index >= 15 is 0 Å². The normalized spacial score (nSPS) is 14.4. The summed E-state index contributed by atoms with van der Waals surface area (Å²) in [5.74, 6) is -1.17. The highest BCUT2D eigenvalue weighted by Gasteiger charge is 2.52. The number of aliphatic hydroxyl groups is 1. The van der Waals surface area contributed by atoms with Crippen molar-refractivity contribution in [3.05, 3.63) is 212 Å². The number of fused-ring (bicyclic) bond motifs is 2. The van der Waals surface area contributed by atoms with Gasteiger partial charge in [-0.05, 0) is 387 Å². The molecule has 4 atom stereocenters. The van der Waals surface area contributed by atoms with Crippen molar-refractivity contribution in [3.8, 4) is 43.5 Å². The molecule has 0 saturated carbocycles. The van der Waals surface area contributed by atoms with Gasteiger partial charge in [0.1, 0.15) is 11.5 Å². The summed E-state index contributed by atoms with van der Waals surface area (Å²) in [4.78, 5) is 76.7. The minimum absolute atomic E-state index is 0.203. The van der Waals surface area contributed by atoms with Gasteiger partial charge in [0.15, 0.2) is 24.4 Å². The summed E-state index contributed by atoms with van der Waals surface area (Å²) < 4.78 is 74.6. The number of carbonyl (C=O) groups is 6. The maximum absolute atomic E-state index is 13.0. The molecule has 35 heteroatoms. The minimum atomic E-state index is -1.21. The molecule has 6 aromatic heterocycles. The fraction of sp³-hybridized carbons (Fsp3) is 0.413. The lowest BCUT2D eigenvalue weighted by atomic mass is 9.78. The summed E-state index contributed by atoms with van der Waals surface area (Å²) in [5.41, 5.74) is 5.90. The van der Waals surface area contributed by atoms with E-state index in [1.165, 1.54) is 48.9 Å². The van der Waals surface area contributed by atoms with E-state index < -0.39 is 58.9 Å². The van der Waals surface area contributed by atoms with Gasteiger partial charge in [-0.2, -0.15) is 0 Å². The Bertz CT molecular complexity index is 5220. The molecule has 0 spiro atoms. The molecule has 1 saturated heterocycles. The summed E-state index contributed by atoms with van der Waals surface area (Å²) in [6, 6.07) is 44.5. The van der Waals surface area contributed by atoms with Crippen LogP contribution in [0.3, 0.4) is 0 Å². The Morgan fingerprint density at radius 2 is 0.835 bits per heavy atom. The number of thiophene rings is 6. The third kappa shape index (κ3) is 34.3. The van der Waals surface area contributed by atoms with Crippen molar-refractivity contribution in [1.29, 1.82) is 0 Å². The summed E-state index contributed by atoms with van der Waals surface area (Å²) in [5, 5.41) is 11.6. The van der Waals surface area contributed by atoms with E-state index in [0.717, 1.165) is 127 Å². The fourth-order valence-electron chi connectivity index (χ4n) is 11.7. The number of esters is 5. The first kappa shape index (κ1) is 110. The monoisotopic (exact) mass is 2430 g/mol. The number of carbonyl (C=O) groups excluding carboxylic acids is 6. The molecular formula is C92H104BBr9O19S6. The molecule has 1 N–H and O–H groups in total. The number of halogens is 9. The van der Waals surface area contributed by atoms with Crippen molar-refractivity contribution in [2.24, 2.45) is 0 Å². The molecule has 3 aliphatic heterocycles. The molecule has 688 valence electrons. The van der Waals surface area contributed by atoms with Gasteiger partial charge in [-0.3, -0.25) is 4.79 Å². The van der Waals surface area contributed by atoms with Gasteiger partial charge < -0.3 is 61.8 Å². The summed E-state index contributed by atoms with van der Waals surface area (Å²) >= 11 is 38.7. The predicted octanol–water partition coefficient (Wildman–Crippen LogP) is 28.6. The smallest absolute Gasteiger partial charge is 0.493 e. The average molecular weight is 2440 g/mol. The molecular weight excluding hydrogens is 2330 g/mol. The lowest BCUT2D eigenvalue weighted by Gasteiger charge is -2.32. The van der Waals surface area contributed by atoms with Crippen LogP contribution in [0.25, 0.3) is 32.0 Å². The SMILES string of the molecule is Brc1csc(Br)c1.CC1(C)OB(c2ccc3c(c2)CCCO3)OC1(C)C.CCOC(=O)C(=O)c1sc(Br)cc1Br.CCOC(=O)C(O)c1sc(Br)cc1Br.CCOC(=O)C(OC(C)(C)C)c1sc(-c2ccccc2)cc1-c1ccc2c(c1)CCCO2.CCOC(=O)C(OC(C)(C)C)c1sc(-c2ccccc2)cc1Br.CCOC(=O)C(OC(C)(C)C)c1sc(Br)cc1Br. The van der Waals surface area contributed by atoms with Crippen molar-refractivity contribution in [2.75, 3.05) is 46.2 Å². The maximum atomic E-state index is 13.0. The van der Waals surface area contributed by atoms with E-state index in [1.807, 2.05) is 160 Å². The fourth-order valence-corrected chi connectivity index (χ4v) is 24.7. The Morgan fingerprint density at radius 1 is 0.433 bits per heavy atom. The standard InChI is InChI=1S/C27H30O4S.C18H21BrO3S.C15H21BO3.C12H16Br2O3S.C8H8Br2O3S.C8H6Br2O3S.C4H2Br2S/c1-5-29-26(28)24(31-27(2,3)4)25-21(17-23(32-25)18-10-7-6-8-11-18)19-13-14-22-20(16-19)12-9-15-30-22;1-5-21-17(20)15(22-18(2,3)4)16-13(19)11-14(23-16)12-9-7-6-8-10-12;1-14(2)15(3,4)19-16(18-14)12-7-8-13-11(10-12)6-5-9-17-13;1-5-16-11(15)9(17-12(2,3)4)10-7(13)6-8(14)18-10;2*1-2-13-8(12)6(11)7-4(9)3-5(10)14-7;5-3-1-4(6)7-2-3/h6-8,10-11,13-14,16-17,24H,5,9,12,15H2,1-4H3;6-11,15H,5H2,1-4H3;7-8,10H,5-6,9H2,1-4H3;6,9H,5H2,1-4H3;3,6,11H,2H2,1H3;3H,2H2,1H3;1-2H. The minimum Gasteiger partial charge on any atom is -0.493 e. The zero-order valence-electron chi connectivity index (χ0n) is 73.6. The lowest BCUT2D eigenvalue weighted by molar-refractivity contribution is -0.167. The van der Waals surface area contributed by atoms with Gasteiger partial charge in [-0.1, -0.05) is 78.9 Å². The Labute approximate surface area is 845 Å². The van der Waals surface area contributed by atoms with Crippen LogP contribution < -0.4 is 14.9 Å². The number of benzene rings is 4. The number of aliphatic hydroxyl groups excluding tert-OH is 1. The molecule has 19 nitrogen and oxygen atoms in total. The van der Waals surface area contributed by atoms with Gasteiger partial charge >= 0.3 is 37.0 Å². The first-order valence-corrected chi connectivity index (χ1v) is 52.6. The van der Waals surface area contributed by atoms with Crippen LogP contribution in [0.5, 0.6) is 11.5 Å². The van der Waals surface area contributed by atoms with Crippen molar-refractivity contribution < 1.29 is 90.6 Å². The average Bonchev–Trinajstić information content (AvgIpc) is 1.41. The third-order valence-electron chi connectivity index (χ3n) is 17.9. The van der Waals surface area contributed by atoms with Crippen LogP contribution in [0, 0.1) is 0 Å². The molecule has 0 aliphatic carbocycles. The number of hydrogen-bond donors (Lipinski definition) is 1. The van der Waals surface area contributed by atoms with E-state index in [9.17, 15) is 33.9 Å². The molecule has 13 rings (SSSR count). The number of hydrogen-bond acceptors (Lipinski definition) is 25. The lowest BCUT2D eigenvalue weighted by Crippen LogP contribution is -2.41. The summed E-state index contributed by atoms with van der Waals surface area (Å²) in [6.45, 7) is 37.5. The van der Waals surface area contributed by atoms with Crippen molar-refractivity contribution in [3.63, 3.8) is 0 Å². The van der Waals surface area contributed by atoms with Gasteiger partial charge in [0.25, 0.3) is 5.78 Å². The highest BCUT2D eigenvalue weighted by atomic mass is 79.9. The molecule has 127 heavy (non-hydrogen) atoms. The second-order valence-electron chi connectivity index (χ2n) is 31.7. The number of rotatable bonds is 22. The van der Waals surface area contributed by atoms with Gasteiger partial charge in [0, 0.05) is 37.5 Å². The Hall–Kier alpha value is -4.16. The van der Waals surface area contributed by atoms with Crippen molar-refractivity contribution in [1.82, 2.24) is 0 Å². The van der Waals surface area contributed by atoms with Crippen molar-refractivity contribution >= 4 is 260 Å². The summed E-state index contributed by atoms with van der Waals surface area (Å²) in [7, 11) is -0.280. The second kappa shape index (κ2) is 51.5. The molecule has 9 heterocycles. The first-order valence-electron chi connectivity index (χ1n) is 40.5. The van der Waals surface area contributed by atoms with Gasteiger partial charge in [0.2, 0.25) is 0 Å². The molecule has 3 aliphatic rings. The number of ketones is 1. The van der Waals surface area contributed by atoms with Crippen molar-refractivity contribution in [2.45, 2.75) is 203 Å². The quantitative estimate of drug-likeness (QED) is 0.0218. The predicted molar refractivity (Wildman–Crippen MR) is 545 cm³/mol. The van der Waals surface area contributed by atoms with Crippen LogP contribution in [0.15, 0.2) is 176 Å². The van der Waals surface area contributed by atoms with E-state index in [1.54, 1.807) is 73.8 Å². The summed E-state index contributed by atoms with van der Waals surface area (Å²) in [6.07, 6.45) is 0.736. The van der Waals surface area contributed by atoms with E-state index in [2.05, 4.69) is 212 Å². The highest BCUT2D eigenvalue weighted by molar-refractivity contribution is 9.12. The van der Waals surface area contributed by atoms with E-state index in [4.69, 9.17) is 51.9 Å². The van der Waals surface area contributed by atoms with Crippen LogP contribution in [0.4, 0.5) is 0 Å². The molecule has 10 aromatic rings. The third-order valence-corrected chi connectivity index (χ3v) is 31.3. The number of ether oxygens (including phenoxy) is 10. The topological polar surface area (TPSA) is 233 Å². The van der Waals surface area contributed by atoms with Crippen LogP contribution in [0.2, 0.25) is 0 Å². The van der Waals surface area contributed by atoms with Gasteiger partial charge in [-0.25, -0.2) is 24.0 Å². The largest absolute Gasteiger partial charge is 0.494 e. The van der Waals surface area contributed by atoms with Crippen LogP contribution in [0.1, 0.15) is 202 Å². The number of Topliss-reactive ketones (excluding diaryl/α,β-unsaturated/α-hetero) is 1. The molecule has 4 unspecified atom stereocenters. The Balaban J connectivity index is 0.000000210. The Morgan fingerprint density at radius 3 is 1.24 bits per heavy atom. The molecule has 0 radical (unpaired) electrons. The van der Waals surface area contributed by atoms with Gasteiger partial charge in [-0.15, -0.1) is 68.0 Å².